The van der Waals surface area contributed by atoms with Gasteiger partial charge in [-0.25, -0.2) is 0 Å². The van der Waals surface area contributed by atoms with Gasteiger partial charge in [-0.3, -0.25) is 9.59 Å². The van der Waals surface area contributed by atoms with Crippen molar-refractivity contribution in [2.45, 2.75) is 44.6 Å². The van der Waals surface area contributed by atoms with Gasteiger partial charge in [0, 0.05) is 31.6 Å². The van der Waals surface area contributed by atoms with E-state index in [1.807, 2.05) is 0 Å². The highest BCUT2D eigenvalue weighted by atomic mass is 35.5. The summed E-state index contributed by atoms with van der Waals surface area (Å²) in [6.45, 7) is 1.92. The summed E-state index contributed by atoms with van der Waals surface area (Å²) in [6.07, 6.45) is 4.90. The summed E-state index contributed by atoms with van der Waals surface area (Å²) in [5, 5.41) is 3.07. The highest BCUT2D eigenvalue weighted by Crippen LogP contribution is 2.31. The number of carbonyl (C=O) groups excluding carboxylic acids is 2. The molecule has 1 aliphatic heterocycles. The third-order valence-electron chi connectivity index (χ3n) is 4.88. The first kappa shape index (κ1) is 19.2. The Kier molecular flexibility index (Phi) is 8.14. The molecule has 0 spiro atoms. The van der Waals surface area contributed by atoms with Gasteiger partial charge in [-0.05, 0) is 44.1 Å². The Balaban J connectivity index is 0.00000242. The van der Waals surface area contributed by atoms with Crippen molar-refractivity contribution in [2.75, 3.05) is 19.8 Å². The fourth-order valence-corrected chi connectivity index (χ4v) is 3.62. The van der Waals surface area contributed by atoms with Gasteiger partial charge in [-0.1, -0.05) is 6.42 Å². The van der Waals surface area contributed by atoms with Gasteiger partial charge in [0.1, 0.15) is 0 Å². The molecule has 22 heavy (non-hydrogen) atoms. The molecule has 5 N–H and O–H groups in total. The van der Waals surface area contributed by atoms with Crippen molar-refractivity contribution < 1.29 is 14.3 Å². The van der Waals surface area contributed by atoms with Gasteiger partial charge in [0.2, 0.25) is 11.8 Å². The van der Waals surface area contributed by atoms with Crippen LogP contribution in [0.5, 0.6) is 0 Å². The molecule has 7 heteroatoms. The van der Waals surface area contributed by atoms with E-state index in [0.717, 1.165) is 32.1 Å². The van der Waals surface area contributed by atoms with E-state index in [2.05, 4.69) is 5.32 Å². The Hall–Kier alpha value is -0.850. The van der Waals surface area contributed by atoms with E-state index in [9.17, 15) is 9.59 Å². The summed E-state index contributed by atoms with van der Waals surface area (Å²) in [6, 6.07) is -0.169. The quantitative estimate of drug-likeness (QED) is 0.660. The van der Waals surface area contributed by atoms with Crippen molar-refractivity contribution >= 4 is 24.2 Å². The van der Waals surface area contributed by atoms with Crippen LogP contribution in [0.2, 0.25) is 0 Å². The Morgan fingerprint density at radius 3 is 2.45 bits per heavy atom. The molecule has 2 rings (SSSR count). The van der Waals surface area contributed by atoms with Gasteiger partial charge >= 0.3 is 0 Å². The molecule has 128 valence electrons. The molecule has 1 saturated carbocycles. The third-order valence-corrected chi connectivity index (χ3v) is 4.88. The standard InChI is InChI=1S/C15H27N3O3.ClH/c16-9-11-2-1-3-12(11)15(20)18-13(8-14(17)19)10-4-6-21-7-5-10;/h10-13H,1-9,16H2,(H2,17,19)(H,18,20);1H/t11-,12-,13?;/m1./s1. The summed E-state index contributed by atoms with van der Waals surface area (Å²) >= 11 is 0. The topological polar surface area (TPSA) is 107 Å². The van der Waals surface area contributed by atoms with Gasteiger partial charge in [0.25, 0.3) is 0 Å². The maximum atomic E-state index is 12.5. The summed E-state index contributed by atoms with van der Waals surface area (Å²) in [7, 11) is 0. The molecule has 6 nitrogen and oxygen atoms in total. The van der Waals surface area contributed by atoms with Gasteiger partial charge < -0.3 is 21.5 Å². The van der Waals surface area contributed by atoms with Gasteiger partial charge in [0.05, 0.1) is 0 Å². The fourth-order valence-electron chi connectivity index (χ4n) is 3.62. The lowest BCUT2D eigenvalue weighted by Gasteiger charge is -2.31. The van der Waals surface area contributed by atoms with Crippen LogP contribution in [0.15, 0.2) is 0 Å². The predicted octanol–water partition coefficient (Wildman–Crippen LogP) is 0.570. The van der Waals surface area contributed by atoms with E-state index in [1.54, 1.807) is 0 Å². The Labute approximate surface area is 138 Å². The van der Waals surface area contributed by atoms with E-state index in [-0.39, 0.29) is 54.4 Å². The molecule has 0 aromatic heterocycles. The summed E-state index contributed by atoms with van der Waals surface area (Å²) in [5.74, 6) is 0.210. The average molecular weight is 334 g/mol. The number of hydrogen-bond acceptors (Lipinski definition) is 4. The molecule has 2 aliphatic rings. The normalized spacial score (nSPS) is 27.0. The molecule has 1 heterocycles. The molecule has 1 saturated heterocycles. The second-order valence-electron chi connectivity index (χ2n) is 6.27. The smallest absolute Gasteiger partial charge is 0.223 e. The van der Waals surface area contributed by atoms with Gasteiger partial charge in [-0.2, -0.15) is 0 Å². The monoisotopic (exact) mass is 333 g/mol. The number of nitrogens with one attached hydrogen (secondary N) is 1. The Morgan fingerprint density at radius 1 is 1.18 bits per heavy atom. The molecule has 0 radical (unpaired) electrons. The minimum atomic E-state index is -0.367. The third kappa shape index (κ3) is 5.11. The zero-order valence-corrected chi connectivity index (χ0v) is 13.8. The average Bonchev–Trinajstić information content (AvgIpc) is 2.95. The second-order valence-corrected chi connectivity index (χ2v) is 6.27. The number of nitrogens with two attached hydrogens (primary N) is 2. The number of ether oxygens (including phenoxy) is 1. The lowest BCUT2D eigenvalue weighted by Crippen LogP contribution is -2.47. The molecular weight excluding hydrogens is 306 g/mol. The minimum Gasteiger partial charge on any atom is -0.381 e. The van der Waals surface area contributed by atoms with Crippen LogP contribution in [-0.4, -0.2) is 37.6 Å². The molecule has 0 bridgehead atoms. The van der Waals surface area contributed by atoms with Crippen molar-refractivity contribution in [3.05, 3.63) is 0 Å². The minimum absolute atomic E-state index is 0. The van der Waals surface area contributed by atoms with Crippen molar-refractivity contribution in [3.8, 4) is 0 Å². The Morgan fingerprint density at radius 2 is 1.86 bits per heavy atom. The maximum absolute atomic E-state index is 12.5. The predicted molar refractivity (Wildman–Crippen MR) is 86.4 cm³/mol. The van der Waals surface area contributed by atoms with E-state index in [1.165, 1.54) is 0 Å². The summed E-state index contributed by atoms with van der Waals surface area (Å²) in [5.41, 5.74) is 11.1. The molecule has 1 aliphatic carbocycles. The molecule has 0 aromatic carbocycles. The largest absolute Gasteiger partial charge is 0.381 e. The second kappa shape index (κ2) is 9.33. The number of primary amides is 1. The molecule has 2 amide bonds. The molecular formula is C15H28ClN3O3. The number of carbonyl (C=O) groups is 2. The summed E-state index contributed by atoms with van der Waals surface area (Å²) < 4.78 is 5.35. The zero-order valence-electron chi connectivity index (χ0n) is 13.0. The maximum Gasteiger partial charge on any atom is 0.223 e. The van der Waals surface area contributed by atoms with E-state index >= 15 is 0 Å². The van der Waals surface area contributed by atoms with Crippen molar-refractivity contribution in [2.24, 2.45) is 29.2 Å². The van der Waals surface area contributed by atoms with E-state index in [4.69, 9.17) is 16.2 Å². The van der Waals surface area contributed by atoms with Crippen molar-refractivity contribution in [1.82, 2.24) is 5.32 Å². The number of hydrogen-bond donors (Lipinski definition) is 3. The highest BCUT2D eigenvalue weighted by molar-refractivity contribution is 5.85. The van der Waals surface area contributed by atoms with Crippen LogP contribution in [0, 0.1) is 17.8 Å². The first-order valence-electron chi connectivity index (χ1n) is 7.98. The Bertz CT molecular complexity index is 375. The number of amides is 2. The molecule has 3 atom stereocenters. The van der Waals surface area contributed by atoms with Crippen LogP contribution in [-0.2, 0) is 14.3 Å². The van der Waals surface area contributed by atoms with Crippen molar-refractivity contribution in [1.29, 1.82) is 0 Å². The lowest BCUT2D eigenvalue weighted by molar-refractivity contribution is -0.128. The fraction of sp³-hybridized carbons (Fsp3) is 0.867. The zero-order chi connectivity index (χ0) is 15.2. The molecule has 1 unspecified atom stereocenters. The summed E-state index contributed by atoms with van der Waals surface area (Å²) in [4.78, 5) is 23.8. The van der Waals surface area contributed by atoms with Crippen LogP contribution in [0.25, 0.3) is 0 Å². The van der Waals surface area contributed by atoms with Crippen LogP contribution in [0.4, 0.5) is 0 Å². The van der Waals surface area contributed by atoms with E-state index < -0.39 is 0 Å². The van der Waals surface area contributed by atoms with Crippen LogP contribution in [0.3, 0.4) is 0 Å². The van der Waals surface area contributed by atoms with Gasteiger partial charge in [0.15, 0.2) is 0 Å². The SMILES string of the molecule is Cl.NC[C@H]1CCC[C@H]1C(=O)NC(CC(N)=O)C1CCOCC1. The molecule has 0 aromatic rings. The first-order valence-corrected chi connectivity index (χ1v) is 7.98. The van der Waals surface area contributed by atoms with E-state index in [0.29, 0.717) is 19.8 Å². The van der Waals surface area contributed by atoms with Crippen LogP contribution in [0.1, 0.15) is 38.5 Å². The molecule has 2 fully saturated rings. The van der Waals surface area contributed by atoms with Gasteiger partial charge in [-0.15, -0.1) is 12.4 Å². The first-order chi connectivity index (χ1) is 10.1. The van der Waals surface area contributed by atoms with Crippen molar-refractivity contribution in [3.63, 3.8) is 0 Å². The lowest BCUT2D eigenvalue weighted by atomic mass is 9.88. The van der Waals surface area contributed by atoms with Crippen LogP contribution >= 0.6 is 12.4 Å². The van der Waals surface area contributed by atoms with Crippen LogP contribution < -0.4 is 16.8 Å². The number of rotatable bonds is 6. The highest BCUT2D eigenvalue weighted by Gasteiger charge is 2.34. The number of halogens is 1.